The summed E-state index contributed by atoms with van der Waals surface area (Å²) in [6.07, 6.45) is 1.74. The highest BCUT2D eigenvalue weighted by atomic mass is 32.1. The van der Waals surface area contributed by atoms with Crippen molar-refractivity contribution in [1.29, 1.82) is 0 Å². The predicted molar refractivity (Wildman–Crippen MR) is 75.0 cm³/mol. The summed E-state index contributed by atoms with van der Waals surface area (Å²) in [5.74, 6) is 0.614. The minimum absolute atomic E-state index is 0.0293. The number of ether oxygens (including phenoxy) is 1. The fourth-order valence-corrected chi connectivity index (χ4v) is 2.56. The van der Waals surface area contributed by atoms with E-state index >= 15 is 0 Å². The SMILES string of the molecule is COc1ccc(CNc2snc(C)c2C(C)=O)cn1. The highest BCUT2D eigenvalue weighted by molar-refractivity contribution is 7.10. The summed E-state index contributed by atoms with van der Waals surface area (Å²) in [7, 11) is 1.58. The minimum atomic E-state index is 0.0293. The molecule has 5 nitrogen and oxygen atoms in total. The number of carbonyl (C=O) groups is 1. The van der Waals surface area contributed by atoms with Gasteiger partial charge in [0.1, 0.15) is 5.00 Å². The molecule has 6 heteroatoms. The van der Waals surface area contributed by atoms with Gasteiger partial charge in [-0.2, -0.15) is 4.37 Å². The van der Waals surface area contributed by atoms with Gasteiger partial charge in [-0.3, -0.25) is 4.79 Å². The van der Waals surface area contributed by atoms with E-state index in [1.165, 1.54) is 11.5 Å². The second-order valence-corrected chi connectivity index (χ2v) is 4.86. The van der Waals surface area contributed by atoms with Crippen molar-refractivity contribution in [2.24, 2.45) is 0 Å². The second kappa shape index (κ2) is 5.79. The standard InChI is InChI=1S/C13H15N3O2S/c1-8-12(9(2)17)13(19-16-8)15-7-10-4-5-11(18-3)14-6-10/h4-6,15H,7H2,1-3H3. The number of pyridine rings is 1. The number of Topliss-reactive ketones (excluding diaryl/α,β-unsaturated/α-hetero) is 1. The van der Waals surface area contributed by atoms with Gasteiger partial charge >= 0.3 is 0 Å². The Labute approximate surface area is 115 Å². The lowest BCUT2D eigenvalue weighted by molar-refractivity contribution is 0.101. The van der Waals surface area contributed by atoms with Crippen molar-refractivity contribution >= 4 is 22.3 Å². The number of aryl methyl sites for hydroxylation is 1. The Hall–Kier alpha value is -1.95. The highest BCUT2D eigenvalue weighted by Gasteiger charge is 2.14. The molecule has 0 radical (unpaired) electrons. The third-order valence-corrected chi connectivity index (χ3v) is 3.57. The van der Waals surface area contributed by atoms with Crippen molar-refractivity contribution in [2.75, 3.05) is 12.4 Å². The third kappa shape index (κ3) is 3.08. The van der Waals surface area contributed by atoms with Gasteiger partial charge in [-0.05, 0) is 30.9 Å². The molecule has 0 aromatic carbocycles. The Kier molecular flexibility index (Phi) is 4.11. The summed E-state index contributed by atoms with van der Waals surface area (Å²) < 4.78 is 9.20. The topological polar surface area (TPSA) is 64.1 Å². The van der Waals surface area contributed by atoms with Crippen LogP contribution >= 0.6 is 11.5 Å². The summed E-state index contributed by atoms with van der Waals surface area (Å²) in [6.45, 7) is 3.99. The number of methoxy groups -OCH3 is 1. The Morgan fingerprint density at radius 1 is 1.47 bits per heavy atom. The van der Waals surface area contributed by atoms with Gasteiger partial charge in [-0.25, -0.2) is 4.98 Å². The first kappa shape index (κ1) is 13.5. The number of hydrogen-bond donors (Lipinski definition) is 1. The van der Waals surface area contributed by atoms with Crippen LogP contribution in [0.3, 0.4) is 0 Å². The number of rotatable bonds is 5. The van der Waals surface area contributed by atoms with Crippen LogP contribution in [0.15, 0.2) is 18.3 Å². The number of carbonyl (C=O) groups excluding carboxylic acids is 1. The van der Waals surface area contributed by atoms with Crippen LogP contribution in [0.4, 0.5) is 5.00 Å². The highest BCUT2D eigenvalue weighted by Crippen LogP contribution is 2.25. The van der Waals surface area contributed by atoms with Gasteiger partial charge in [0.15, 0.2) is 5.78 Å². The van der Waals surface area contributed by atoms with Gasteiger partial charge in [0, 0.05) is 18.8 Å². The molecule has 0 aliphatic heterocycles. The van der Waals surface area contributed by atoms with Crippen molar-refractivity contribution in [1.82, 2.24) is 9.36 Å². The zero-order valence-electron chi connectivity index (χ0n) is 11.1. The van der Waals surface area contributed by atoms with Crippen molar-refractivity contribution in [3.8, 4) is 5.88 Å². The molecule has 2 aromatic heterocycles. The first-order valence-corrected chi connectivity index (χ1v) is 6.59. The van der Waals surface area contributed by atoms with E-state index in [1.807, 2.05) is 13.0 Å². The van der Waals surface area contributed by atoms with Crippen LogP contribution < -0.4 is 10.1 Å². The summed E-state index contributed by atoms with van der Waals surface area (Å²) in [5.41, 5.74) is 2.46. The third-order valence-electron chi connectivity index (χ3n) is 2.67. The lowest BCUT2D eigenvalue weighted by atomic mass is 10.2. The summed E-state index contributed by atoms with van der Waals surface area (Å²) in [6, 6.07) is 3.74. The molecule has 0 fully saturated rings. The molecule has 0 amide bonds. The molecule has 100 valence electrons. The number of aromatic nitrogens is 2. The van der Waals surface area contributed by atoms with Crippen molar-refractivity contribution < 1.29 is 9.53 Å². The summed E-state index contributed by atoms with van der Waals surface area (Å²) >= 11 is 1.30. The molecular weight excluding hydrogens is 262 g/mol. The molecule has 0 aliphatic rings. The van der Waals surface area contributed by atoms with Crippen LogP contribution in [-0.4, -0.2) is 22.3 Å². The quantitative estimate of drug-likeness (QED) is 0.851. The Morgan fingerprint density at radius 2 is 2.26 bits per heavy atom. The van der Waals surface area contributed by atoms with Gasteiger partial charge in [0.05, 0.1) is 18.4 Å². The molecule has 0 saturated heterocycles. The van der Waals surface area contributed by atoms with Gasteiger partial charge in [0.25, 0.3) is 0 Å². The van der Waals surface area contributed by atoms with E-state index in [9.17, 15) is 4.79 Å². The Morgan fingerprint density at radius 3 is 2.84 bits per heavy atom. The van der Waals surface area contributed by atoms with Crippen molar-refractivity contribution in [3.63, 3.8) is 0 Å². The van der Waals surface area contributed by atoms with Crippen LogP contribution in [0.1, 0.15) is 28.5 Å². The predicted octanol–water partition coefficient (Wildman–Crippen LogP) is 2.67. The van der Waals surface area contributed by atoms with Crippen LogP contribution in [0, 0.1) is 6.92 Å². The fraction of sp³-hybridized carbons (Fsp3) is 0.308. The number of hydrogen-bond acceptors (Lipinski definition) is 6. The number of nitrogens with zero attached hydrogens (tertiary/aromatic N) is 2. The van der Waals surface area contributed by atoms with Crippen molar-refractivity contribution in [3.05, 3.63) is 35.2 Å². The fourth-order valence-electron chi connectivity index (χ4n) is 1.72. The maximum atomic E-state index is 11.5. The molecule has 0 unspecified atom stereocenters. The smallest absolute Gasteiger partial charge is 0.212 e. The van der Waals surface area contributed by atoms with Crippen molar-refractivity contribution in [2.45, 2.75) is 20.4 Å². The Balaban J connectivity index is 2.08. The summed E-state index contributed by atoms with van der Waals surface area (Å²) in [5, 5.41) is 4.03. The molecule has 0 saturated carbocycles. The largest absolute Gasteiger partial charge is 0.481 e. The summed E-state index contributed by atoms with van der Waals surface area (Å²) in [4.78, 5) is 15.7. The van der Waals surface area contributed by atoms with E-state index in [-0.39, 0.29) is 5.78 Å². The van der Waals surface area contributed by atoms with E-state index in [2.05, 4.69) is 14.7 Å². The van der Waals surface area contributed by atoms with Crippen LogP contribution in [0.5, 0.6) is 5.88 Å². The number of nitrogens with one attached hydrogen (secondary N) is 1. The lowest BCUT2D eigenvalue weighted by Crippen LogP contribution is -2.03. The van der Waals surface area contributed by atoms with Crippen LogP contribution in [0.25, 0.3) is 0 Å². The normalized spacial score (nSPS) is 10.3. The molecule has 1 N–H and O–H groups in total. The number of ketones is 1. The maximum absolute atomic E-state index is 11.5. The molecule has 0 spiro atoms. The molecule has 2 rings (SSSR count). The maximum Gasteiger partial charge on any atom is 0.212 e. The molecule has 0 atom stereocenters. The molecule has 19 heavy (non-hydrogen) atoms. The Bertz CT molecular complexity index is 578. The molecule has 0 bridgehead atoms. The second-order valence-electron chi connectivity index (χ2n) is 4.09. The van der Waals surface area contributed by atoms with Gasteiger partial charge < -0.3 is 10.1 Å². The van der Waals surface area contributed by atoms with E-state index < -0.39 is 0 Å². The van der Waals surface area contributed by atoms with E-state index in [1.54, 1.807) is 26.3 Å². The van der Waals surface area contributed by atoms with Gasteiger partial charge in [-0.15, -0.1) is 0 Å². The average Bonchev–Trinajstić information content (AvgIpc) is 2.78. The van der Waals surface area contributed by atoms with E-state index in [4.69, 9.17) is 4.74 Å². The minimum Gasteiger partial charge on any atom is -0.481 e. The molecular formula is C13H15N3O2S. The van der Waals surface area contributed by atoms with Gasteiger partial charge in [0.2, 0.25) is 5.88 Å². The first-order valence-electron chi connectivity index (χ1n) is 5.82. The van der Waals surface area contributed by atoms with Crippen LogP contribution in [-0.2, 0) is 6.54 Å². The molecule has 2 heterocycles. The first-order chi connectivity index (χ1) is 9.11. The average molecular weight is 277 g/mol. The molecule has 0 aliphatic carbocycles. The van der Waals surface area contributed by atoms with Crippen LogP contribution in [0.2, 0.25) is 0 Å². The zero-order chi connectivity index (χ0) is 13.8. The monoisotopic (exact) mass is 277 g/mol. The zero-order valence-corrected chi connectivity index (χ0v) is 11.9. The van der Waals surface area contributed by atoms with E-state index in [0.29, 0.717) is 18.0 Å². The lowest BCUT2D eigenvalue weighted by Gasteiger charge is -2.06. The van der Waals surface area contributed by atoms with Gasteiger partial charge in [-0.1, -0.05) is 6.07 Å². The number of anilines is 1. The molecule has 2 aromatic rings. The van der Waals surface area contributed by atoms with E-state index in [0.717, 1.165) is 16.3 Å².